The molecule has 2 rings (SSSR count). The Balaban J connectivity index is 0.00000312. The summed E-state index contributed by atoms with van der Waals surface area (Å²) >= 11 is 0. The predicted molar refractivity (Wildman–Crippen MR) is 109 cm³/mol. The highest BCUT2D eigenvalue weighted by Crippen LogP contribution is 2.23. The molecule has 0 aliphatic heterocycles. The first-order valence-corrected chi connectivity index (χ1v) is 8.38. The van der Waals surface area contributed by atoms with Gasteiger partial charge in [0.05, 0.1) is 0 Å². The van der Waals surface area contributed by atoms with E-state index >= 15 is 0 Å². The van der Waals surface area contributed by atoms with E-state index in [2.05, 4.69) is 63.6 Å². The van der Waals surface area contributed by atoms with Crippen LogP contribution in [-0.2, 0) is 18.5 Å². The summed E-state index contributed by atoms with van der Waals surface area (Å²) in [5.41, 5.74) is 5.50. The van der Waals surface area contributed by atoms with Gasteiger partial charge in [-0.15, -0.1) is 12.4 Å². The lowest BCUT2D eigenvalue weighted by Gasteiger charge is -2.21. The van der Waals surface area contributed by atoms with Gasteiger partial charge < -0.3 is 0 Å². The van der Waals surface area contributed by atoms with Crippen LogP contribution in [0.3, 0.4) is 0 Å². The van der Waals surface area contributed by atoms with Gasteiger partial charge in [0.25, 0.3) is 0 Å². The van der Waals surface area contributed by atoms with E-state index in [0.29, 0.717) is 6.54 Å². The molecule has 0 saturated heterocycles. The summed E-state index contributed by atoms with van der Waals surface area (Å²) in [5.74, 6) is -0.201. The Morgan fingerprint density at radius 1 is 1.00 bits per heavy atom. The summed E-state index contributed by atoms with van der Waals surface area (Å²) in [6.45, 7) is 14.0. The van der Waals surface area contributed by atoms with Gasteiger partial charge in [-0.2, -0.15) is 0 Å². The Morgan fingerprint density at radius 3 is 2.08 bits per heavy atom. The molecule has 0 aliphatic carbocycles. The average molecular weight is 362 g/mol. The van der Waals surface area contributed by atoms with Crippen molar-refractivity contribution in [1.29, 1.82) is 0 Å². The fourth-order valence-electron chi connectivity index (χ4n) is 2.78. The molecule has 0 unspecified atom stereocenters. The molecule has 1 nitrogen and oxygen atoms in total. The van der Waals surface area contributed by atoms with Crippen LogP contribution in [0, 0.1) is 5.82 Å². The largest absolute Gasteiger partial charge is 0.298 e. The Kier molecular flexibility index (Phi) is 7.40. The molecule has 0 saturated carbocycles. The lowest BCUT2D eigenvalue weighted by Crippen LogP contribution is -2.18. The molecule has 0 N–H and O–H groups in total. The van der Waals surface area contributed by atoms with Crippen molar-refractivity contribution in [2.75, 3.05) is 7.05 Å². The monoisotopic (exact) mass is 361 g/mol. The SMILES string of the molecule is C=C(C)c1cc(F)cc(CN(C)Cc2ccc(C(C)(C)C)cc2)c1.Cl. The molecular formula is C22H29ClFN. The molecule has 0 fully saturated rings. The van der Waals surface area contributed by atoms with Crippen molar-refractivity contribution in [3.8, 4) is 0 Å². The van der Waals surface area contributed by atoms with E-state index in [1.807, 2.05) is 13.0 Å². The van der Waals surface area contributed by atoms with Crippen molar-refractivity contribution in [1.82, 2.24) is 4.90 Å². The molecule has 2 aromatic carbocycles. The van der Waals surface area contributed by atoms with Gasteiger partial charge in [-0.3, -0.25) is 4.90 Å². The molecule has 136 valence electrons. The highest BCUT2D eigenvalue weighted by molar-refractivity contribution is 5.85. The van der Waals surface area contributed by atoms with E-state index < -0.39 is 0 Å². The van der Waals surface area contributed by atoms with Gasteiger partial charge in [0.2, 0.25) is 0 Å². The van der Waals surface area contributed by atoms with E-state index in [9.17, 15) is 4.39 Å². The maximum atomic E-state index is 13.8. The van der Waals surface area contributed by atoms with Gasteiger partial charge in [-0.25, -0.2) is 4.39 Å². The second-order valence-corrected chi connectivity index (χ2v) is 7.75. The lowest BCUT2D eigenvalue weighted by atomic mass is 9.87. The van der Waals surface area contributed by atoms with Crippen molar-refractivity contribution in [3.05, 3.63) is 77.1 Å². The van der Waals surface area contributed by atoms with Crippen molar-refractivity contribution >= 4 is 18.0 Å². The molecule has 0 spiro atoms. The van der Waals surface area contributed by atoms with Gasteiger partial charge >= 0.3 is 0 Å². The van der Waals surface area contributed by atoms with Crippen molar-refractivity contribution in [2.24, 2.45) is 0 Å². The zero-order valence-corrected chi connectivity index (χ0v) is 16.7. The number of hydrogen-bond acceptors (Lipinski definition) is 1. The molecule has 3 heteroatoms. The van der Waals surface area contributed by atoms with Crippen molar-refractivity contribution < 1.29 is 4.39 Å². The Bertz CT molecular complexity index is 714. The van der Waals surface area contributed by atoms with Gasteiger partial charge in [0.15, 0.2) is 0 Å². The van der Waals surface area contributed by atoms with E-state index in [0.717, 1.165) is 23.2 Å². The Labute approximate surface area is 158 Å². The summed E-state index contributed by atoms with van der Waals surface area (Å²) in [4.78, 5) is 2.20. The Hall–Kier alpha value is -1.64. The molecule has 0 atom stereocenters. The topological polar surface area (TPSA) is 3.24 Å². The minimum absolute atomic E-state index is 0. The quantitative estimate of drug-likeness (QED) is 0.611. The average Bonchev–Trinajstić information content (AvgIpc) is 2.46. The van der Waals surface area contributed by atoms with E-state index in [-0.39, 0.29) is 23.6 Å². The van der Waals surface area contributed by atoms with Crippen LogP contribution in [0.25, 0.3) is 5.57 Å². The number of allylic oxidation sites excluding steroid dienone is 1. The fourth-order valence-corrected chi connectivity index (χ4v) is 2.78. The standard InChI is InChI=1S/C22H28FN.ClH/c1-16(2)19-11-18(12-21(23)13-19)15-24(6)14-17-7-9-20(10-8-17)22(3,4)5;/h7-13H,1,14-15H2,2-6H3;1H. The summed E-state index contributed by atoms with van der Waals surface area (Å²) in [6, 6.07) is 13.9. The van der Waals surface area contributed by atoms with E-state index in [1.54, 1.807) is 6.07 Å². The van der Waals surface area contributed by atoms with Crippen LogP contribution in [0.5, 0.6) is 0 Å². The highest BCUT2D eigenvalue weighted by atomic mass is 35.5. The maximum Gasteiger partial charge on any atom is 0.124 e. The van der Waals surface area contributed by atoms with Gasteiger partial charge in [-0.1, -0.05) is 63.3 Å². The van der Waals surface area contributed by atoms with Gasteiger partial charge in [-0.05, 0) is 53.8 Å². The first kappa shape index (κ1) is 21.4. The molecule has 0 radical (unpaired) electrons. The minimum Gasteiger partial charge on any atom is -0.298 e. The van der Waals surface area contributed by atoms with Crippen LogP contribution >= 0.6 is 12.4 Å². The fraction of sp³-hybridized carbons (Fsp3) is 0.364. The second-order valence-electron chi connectivity index (χ2n) is 7.75. The number of halogens is 2. The first-order chi connectivity index (χ1) is 11.1. The van der Waals surface area contributed by atoms with Crippen LogP contribution in [0.4, 0.5) is 4.39 Å². The molecule has 2 aromatic rings. The number of benzene rings is 2. The molecule has 0 amide bonds. The van der Waals surface area contributed by atoms with E-state index in [1.165, 1.54) is 17.2 Å². The van der Waals surface area contributed by atoms with Crippen molar-refractivity contribution in [2.45, 2.75) is 46.2 Å². The third-order valence-corrected chi connectivity index (χ3v) is 4.18. The first-order valence-electron chi connectivity index (χ1n) is 8.38. The molecule has 0 bridgehead atoms. The van der Waals surface area contributed by atoms with Gasteiger partial charge in [0.1, 0.15) is 5.82 Å². The summed E-state index contributed by atoms with van der Waals surface area (Å²) in [6.07, 6.45) is 0. The minimum atomic E-state index is -0.201. The highest BCUT2D eigenvalue weighted by Gasteiger charge is 2.13. The molecule has 0 heterocycles. The zero-order chi connectivity index (χ0) is 17.9. The number of rotatable bonds is 5. The molecule has 0 aliphatic rings. The number of nitrogens with zero attached hydrogens (tertiary/aromatic N) is 1. The third kappa shape index (κ3) is 6.30. The summed E-state index contributed by atoms with van der Waals surface area (Å²) < 4.78 is 13.8. The normalized spacial score (nSPS) is 11.3. The van der Waals surface area contributed by atoms with Gasteiger partial charge in [0, 0.05) is 13.1 Å². The second kappa shape index (κ2) is 8.64. The maximum absolute atomic E-state index is 13.8. The smallest absolute Gasteiger partial charge is 0.124 e. The van der Waals surface area contributed by atoms with Crippen LogP contribution < -0.4 is 0 Å². The van der Waals surface area contributed by atoms with E-state index in [4.69, 9.17) is 0 Å². The Morgan fingerprint density at radius 2 is 1.56 bits per heavy atom. The predicted octanol–water partition coefficient (Wildman–Crippen LogP) is 6.21. The summed E-state index contributed by atoms with van der Waals surface area (Å²) in [7, 11) is 2.06. The molecule has 0 aromatic heterocycles. The van der Waals surface area contributed by atoms with Crippen LogP contribution in [0.1, 0.15) is 49.9 Å². The van der Waals surface area contributed by atoms with Crippen molar-refractivity contribution in [3.63, 3.8) is 0 Å². The molecular weight excluding hydrogens is 333 g/mol. The third-order valence-electron chi connectivity index (χ3n) is 4.18. The van der Waals surface area contributed by atoms with Crippen LogP contribution in [0.15, 0.2) is 49.0 Å². The number of hydrogen-bond donors (Lipinski definition) is 0. The summed E-state index contributed by atoms with van der Waals surface area (Å²) in [5, 5.41) is 0. The zero-order valence-electron chi connectivity index (χ0n) is 15.9. The van der Waals surface area contributed by atoms with Crippen LogP contribution in [-0.4, -0.2) is 11.9 Å². The lowest BCUT2D eigenvalue weighted by molar-refractivity contribution is 0.318. The molecule has 25 heavy (non-hydrogen) atoms. The van der Waals surface area contributed by atoms with Crippen LogP contribution in [0.2, 0.25) is 0 Å².